The number of carbonyl (C=O) groups is 1. The molecule has 4 saturated carbocycles. The maximum absolute atomic E-state index is 12.4. The molecule has 0 radical (unpaired) electrons. The SMILES string of the molecule is CC(=O)O[C@H]1C[C@]2(C)[C@H](C[C@@H](O)[C@@H]3[C@@H]([C@](C)(O)CCC=C(C)C)CC[C@]32C)[C@@]2(C)CC[C@H](O)C(C)(C)[C@H]12. The van der Waals surface area contributed by atoms with Gasteiger partial charge in [-0.3, -0.25) is 4.79 Å². The van der Waals surface area contributed by atoms with Gasteiger partial charge in [0.2, 0.25) is 0 Å². The molecule has 0 spiro atoms. The predicted molar refractivity (Wildman–Crippen MR) is 147 cm³/mol. The van der Waals surface area contributed by atoms with Gasteiger partial charge in [-0.15, -0.1) is 0 Å². The van der Waals surface area contributed by atoms with Crippen LogP contribution in [0.1, 0.15) is 114 Å². The van der Waals surface area contributed by atoms with Gasteiger partial charge in [0.25, 0.3) is 0 Å². The molecule has 11 atom stereocenters. The van der Waals surface area contributed by atoms with Crippen LogP contribution < -0.4 is 0 Å². The van der Waals surface area contributed by atoms with E-state index in [1.54, 1.807) is 0 Å². The first-order valence-corrected chi connectivity index (χ1v) is 14.8. The fourth-order valence-electron chi connectivity index (χ4n) is 10.7. The quantitative estimate of drug-likeness (QED) is 0.305. The Hall–Kier alpha value is -0.910. The van der Waals surface area contributed by atoms with Crippen LogP contribution in [0.25, 0.3) is 0 Å². The maximum Gasteiger partial charge on any atom is 0.302 e. The highest BCUT2D eigenvalue weighted by Gasteiger charge is 2.73. The number of rotatable bonds is 5. The van der Waals surface area contributed by atoms with Crippen LogP contribution in [-0.4, -0.2) is 45.2 Å². The van der Waals surface area contributed by atoms with Crippen molar-refractivity contribution in [3.63, 3.8) is 0 Å². The third-order valence-corrected chi connectivity index (χ3v) is 12.5. The number of aliphatic hydroxyl groups excluding tert-OH is 2. The van der Waals surface area contributed by atoms with Crippen molar-refractivity contribution in [1.82, 2.24) is 0 Å². The topological polar surface area (TPSA) is 87.0 Å². The zero-order valence-electron chi connectivity index (χ0n) is 24.9. The molecule has 5 heteroatoms. The fourth-order valence-corrected chi connectivity index (χ4v) is 10.7. The Labute approximate surface area is 225 Å². The highest BCUT2D eigenvalue weighted by Crippen LogP contribution is 2.76. The lowest BCUT2D eigenvalue weighted by atomic mass is 9.34. The molecule has 4 aliphatic carbocycles. The van der Waals surface area contributed by atoms with Crippen molar-refractivity contribution in [3.8, 4) is 0 Å². The van der Waals surface area contributed by atoms with Gasteiger partial charge in [-0.05, 0) is 112 Å². The minimum atomic E-state index is -0.841. The first-order valence-electron chi connectivity index (χ1n) is 14.8. The van der Waals surface area contributed by atoms with Gasteiger partial charge in [-0.25, -0.2) is 0 Å². The molecule has 0 amide bonds. The van der Waals surface area contributed by atoms with Gasteiger partial charge in [-0.2, -0.15) is 0 Å². The van der Waals surface area contributed by atoms with Crippen LogP contribution in [0.3, 0.4) is 0 Å². The van der Waals surface area contributed by atoms with Gasteiger partial charge in [0.1, 0.15) is 6.10 Å². The van der Waals surface area contributed by atoms with E-state index in [4.69, 9.17) is 4.74 Å². The van der Waals surface area contributed by atoms with Crippen molar-refractivity contribution in [2.75, 3.05) is 0 Å². The van der Waals surface area contributed by atoms with Crippen molar-refractivity contribution in [1.29, 1.82) is 0 Å². The summed E-state index contributed by atoms with van der Waals surface area (Å²) in [6, 6.07) is 0. The van der Waals surface area contributed by atoms with Crippen molar-refractivity contribution in [2.24, 2.45) is 45.3 Å². The van der Waals surface area contributed by atoms with Crippen molar-refractivity contribution < 1.29 is 24.9 Å². The molecule has 0 unspecified atom stereocenters. The Morgan fingerprint density at radius 2 is 1.68 bits per heavy atom. The summed E-state index contributed by atoms with van der Waals surface area (Å²) in [5.41, 5.74) is -0.439. The van der Waals surface area contributed by atoms with Crippen LogP contribution in [0.15, 0.2) is 11.6 Å². The zero-order valence-corrected chi connectivity index (χ0v) is 24.9. The molecular formula is C32H54O5. The number of hydrogen-bond acceptors (Lipinski definition) is 5. The molecule has 212 valence electrons. The largest absolute Gasteiger partial charge is 0.462 e. The summed E-state index contributed by atoms with van der Waals surface area (Å²) < 4.78 is 6.15. The van der Waals surface area contributed by atoms with Crippen molar-refractivity contribution in [3.05, 3.63) is 11.6 Å². The Kier molecular flexibility index (Phi) is 7.34. The van der Waals surface area contributed by atoms with Crippen LogP contribution >= 0.6 is 0 Å². The standard InChI is InChI=1S/C32H54O5/c1-19(2)11-10-14-32(9,36)21-12-16-30(7)26(21)22(34)17-24-29(6)15-13-25(35)28(4,5)27(29)23(37-20(3)33)18-31(24,30)8/h11,21-27,34-36H,10,12-18H2,1-9H3/t21-,22+,23-,24+,25-,26-,27-,29+,30+,31+,32+/m0/s1. The van der Waals surface area contributed by atoms with E-state index in [0.717, 1.165) is 38.5 Å². The van der Waals surface area contributed by atoms with Gasteiger partial charge in [0, 0.05) is 12.8 Å². The molecule has 0 saturated heterocycles. The maximum atomic E-state index is 12.4. The van der Waals surface area contributed by atoms with Gasteiger partial charge in [0.05, 0.1) is 17.8 Å². The molecule has 4 fully saturated rings. The third kappa shape index (κ3) is 4.34. The van der Waals surface area contributed by atoms with Crippen molar-refractivity contribution in [2.45, 2.75) is 138 Å². The second kappa shape index (κ2) is 9.34. The molecule has 4 aliphatic rings. The summed E-state index contributed by atoms with van der Waals surface area (Å²) in [5.74, 6) is 0.0832. The average molecular weight is 519 g/mol. The lowest BCUT2D eigenvalue weighted by Crippen LogP contribution is -2.70. The number of esters is 1. The summed E-state index contributed by atoms with van der Waals surface area (Å²) in [7, 11) is 0. The monoisotopic (exact) mass is 518 g/mol. The first-order chi connectivity index (χ1) is 16.9. The first kappa shape index (κ1) is 29.1. The van der Waals surface area contributed by atoms with Crippen LogP contribution in [0, 0.1) is 45.3 Å². The lowest BCUT2D eigenvalue weighted by Gasteiger charge is -2.71. The van der Waals surface area contributed by atoms with Gasteiger partial charge >= 0.3 is 5.97 Å². The van der Waals surface area contributed by atoms with Crippen LogP contribution in [-0.2, 0) is 9.53 Å². The molecule has 0 heterocycles. The number of fused-ring (bicyclic) bond motifs is 5. The Balaban J connectivity index is 1.75. The average Bonchev–Trinajstić information content (AvgIpc) is 3.13. The van der Waals surface area contributed by atoms with Crippen LogP contribution in [0.5, 0.6) is 0 Å². The Bertz CT molecular complexity index is 918. The molecule has 0 aliphatic heterocycles. The van der Waals surface area contributed by atoms with E-state index < -0.39 is 17.8 Å². The Morgan fingerprint density at radius 3 is 2.27 bits per heavy atom. The van der Waals surface area contributed by atoms with E-state index in [1.165, 1.54) is 12.5 Å². The fraction of sp³-hybridized carbons (Fsp3) is 0.906. The lowest BCUT2D eigenvalue weighted by molar-refractivity contribution is -0.277. The molecule has 0 aromatic carbocycles. The van der Waals surface area contributed by atoms with E-state index in [9.17, 15) is 20.1 Å². The number of ether oxygens (including phenoxy) is 1. The van der Waals surface area contributed by atoms with Crippen molar-refractivity contribution >= 4 is 5.97 Å². The van der Waals surface area contributed by atoms with E-state index in [-0.39, 0.29) is 57.4 Å². The number of carbonyl (C=O) groups excluding carboxylic acids is 1. The third-order valence-electron chi connectivity index (χ3n) is 12.5. The summed E-state index contributed by atoms with van der Waals surface area (Å²) >= 11 is 0. The summed E-state index contributed by atoms with van der Waals surface area (Å²) in [6.07, 6.45) is 7.51. The second-order valence-electron chi connectivity index (χ2n) is 15.3. The van der Waals surface area contributed by atoms with E-state index in [0.29, 0.717) is 12.8 Å². The number of aliphatic hydroxyl groups is 3. The van der Waals surface area contributed by atoms with Gasteiger partial charge in [-0.1, -0.05) is 46.3 Å². The van der Waals surface area contributed by atoms with Crippen LogP contribution in [0.4, 0.5) is 0 Å². The van der Waals surface area contributed by atoms with Gasteiger partial charge in [0.15, 0.2) is 0 Å². The molecular weight excluding hydrogens is 464 g/mol. The van der Waals surface area contributed by atoms with E-state index in [2.05, 4.69) is 54.5 Å². The second-order valence-corrected chi connectivity index (χ2v) is 15.3. The zero-order chi connectivity index (χ0) is 27.8. The van der Waals surface area contributed by atoms with Crippen LogP contribution in [0.2, 0.25) is 0 Å². The summed E-state index contributed by atoms with van der Waals surface area (Å²) in [5, 5.41) is 34.7. The molecule has 0 aromatic heterocycles. The number of hydrogen-bond donors (Lipinski definition) is 3. The highest BCUT2D eigenvalue weighted by atomic mass is 16.5. The molecule has 4 rings (SSSR count). The smallest absolute Gasteiger partial charge is 0.302 e. The minimum Gasteiger partial charge on any atom is -0.462 e. The molecule has 0 bridgehead atoms. The molecule has 5 nitrogen and oxygen atoms in total. The van der Waals surface area contributed by atoms with Gasteiger partial charge < -0.3 is 20.1 Å². The predicted octanol–water partition coefficient (Wildman–Crippen LogP) is 6.04. The summed E-state index contributed by atoms with van der Waals surface area (Å²) in [6.45, 7) is 19.0. The van der Waals surface area contributed by atoms with E-state index >= 15 is 0 Å². The normalized spacial score (nSPS) is 48.2. The van der Waals surface area contributed by atoms with E-state index in [1.807, 2.05) is 6.92 Å². The molecule has 0 aromatic rings. The highest BCUT2D eigenvalue weighted by molar-refractivity contribution is 5.66. The summed E-state index contributed by atoms with van der Waals surface area (Å²) in [4.78, 5) is 12.4. The number of allylic oxidation sites excluding steroid dienone is 2. The molecule has 3 N–H and O–H groups in total. The minimum absolute atomic E-state index is 0.00997. The Morgan fingerprint density at radius 1 is 1.03 bits per heavy atom. The molecule has 37 heavy (non-hydrogen) atoms.